The number of hydrogen-bond donors (Lipinski definition) is 1. The lowest BCUT2D eigenvalue weighted by molar-refractivity contribution is 0.0146. The number of nitrogens with zero attached hydrogens (tertiary/aromatic N) is 2. The fraction of sp³-hybridized carbons (Fsp3) is 0.875. The Morgan fingerprint density at radius 1 is 1.62 bits per heavy atom. The SMILES string of the molecule is COC(C)N1CCN(CCN)C1=O. The van der Waals surface area contributed by atoms with Gasteiger partial charge >= 0.3 is 6.03 Å². The molecular weight excluding hydrogens is 170 g/mol. The predicted octanol–water partition coefficient (Wildman–Crippen LogP) is -0.325. The predicted molar refractivity (Wildman–Crippen MR) is 49.2 cm³/mol. The molecule has 2 amide bonds. The number of methoxy groups -OCH3 is 1. The van der Waals surface area contributed by atoms with Crippen LogP contribution in [0, 0.1) is 0 Å². The first-order valence-corrected chi connectivity index (χ1v) is 4.49. The summed E-state index contributed by atoms with van der Waals surface area (Å²) in [6.45, 7) is 4.49. The van der Waals surface area contributed by atoms with Crippen LogP contribution < -0.4 is 5.73 Å². The minimum absolute atomic E-state index is 0.0276. The van der Waals surface area contributed by atoms with Gasteiger partial charge in [0.05, 0.1) is 0 Å². The molecule has 1 aliphatic rings. The van der Waals surface area contributed by atoms with Gasteiger partial charge in [0.15, 0.2) is 0 Å². The van der Waals surface area contributed by atoms with Gasteiger partial charge in [-0.1, -0.05) is 0 Å². The van der Waals surface area contributed by atoms with Crippen molar-refractivity contribution in [2.75, 3.05) is 33.3 Å². The maximum Gasteiger partial charge on any atom is 0.322 e. The minimum atomic E-state index is -0.143. The quantitative estimate of drug-likeness (QED) is 0.656. The molecule has 1 rings (SSSR count). The van der Waals surface area contributed by atoms with E-state index in [0.29, 0.717) is 13.1 Å². The molecule has 0 spiro atoms. The average molecular weight is 187 g/mol. The molecule has 1 aliphatic heterocycles. The zero-order chi connectivity index (χ0) is 9.84. The summed E-state index contributed by atoms with van der Waals surface area (Å²) in [4.78, 5) is 15.1. The average Bonchev–Trinajstić information content (AvgIpc) is 2.48. The number of urea groups is 1. The molecular formula is C8H17N3O2. The van der Waals surface area contributed by atoms with E-state index >= 15 is 0 Å². The third-order valence-electron chi connectivity index (χ3n) is 2.31. The van der Waals surface area contributed by atoms with Crippen LogP contribution in [-0.4, -0.2) is 55.3 Å². The van der Waals surface area contributed by atoms with E-state index in [-0.39, 0.29) is 12.3 Å². The Bertz CT molecular complexity index is 186. The Morgan fingerprint density at radius 3 is 2.85 bits per heavy atom. The first-order valence-electron chi connectivity index (χ1n) is 4.49. The summed E-state index contributed by atoms with van der Waals surface area (Å²) in [5.41, 5.74) is 5.38. The monoisotopic (exact) mass is 187 g/mol. The molecule has 0 radical (unpaired) electrons. The smallest absolute Gasteiger partial charge is 0.322 e. The molecule has 0 aliphatic carbocycles. The van der Waals surface area contributed by atoms with Crippen LogP contribution in [0.2, 0.25) is 0 Å². The molecule has 0 aromatic heterocycles. The van der Waals surface area contributed by atoms with Gasteiger partial charge in [-0.2, -0.15) is 0 Å². The molecule has 1 atom stereocenters. The molecule has 1 saturated heterocycles. The molecule has 0 bridgehead atoms. The highest BCUT2D eigenvalue weighted by Gasteiger charge is 2.30. The first-order chi connectivity index (χ1) is 6.20. The van der Waals surface area contributed by atoms with E-state index in [1.165, 1.54) is 0 Å². The summed E-state index contributed by atoms with van der Waals surface area (Å²) < 4.78 is 5.08. The Kier molecular flexibility index (Phi) is 3.50. The fourth-order valence-corrected chi connectivity index (χ4v) is 1.43. The Balaban J connectivity index is 2.49. The van der Waals surface area contributed by atoms with Crippen molar-refractivity contribution in [3.8, 4) is 0 Å². The number of nitrogens with two attached hydrogens (primary N) is 1. The van der Waals surface area contributed by atoms with Crippen LogP contribution in [0.1, 0.15) is 6.92 Å². The maximum absolute atomic E-state index is 11.6. The van der Waals surface area contributed by atoms with Gasteiger partial charge in [-0.05, 0) is 6.92 Å². The molecule has 2 N–H and O–H groups in total. The van der Waals surface area contributed by atoms with Crippen molar-refractivity contribution in [3.63, 3.8) is 0 Å². The largest absolute Gasteiger partial charge is 0.362 e. The lowest BCUT2D eigenvalue weighted by Gasteiger charge is -2.23. The van der Waals surface area contributed by atoms with Crippen LogP contribution in [-0.2, 0) is 4.74 Å². The van der Waals surface area contributed by atoms with Gasteiger partial charge < -0.3 is 15.4 Å². The highest BCUT2D eigenvalue weighted by atomic mass is 16.5. The number of carbonyl (C=O) groups excluding carboxylic acids is 1. The van der Waals surface area contributed by atoms with E-state index in [4.69, 9.17) is 10.5 Å². The highest BCUT2D eigenvalue weighted by molar-refractivity contribution is 5.76. The van der Waals surface area contributed by atoms with Crippen LogP contribution in [0.15, 0.2) is 0 Å². The normalized spacial score (nSPS) is 19.8. The van der Waals surface area contributed by atoms with E-state index < -0.39 is 0 Å². The van der Waals surface area contributed by atoms with Crippen molar-refractivity contribution in [1.82, 2.24) is 9.80 Å². The van der Waals surface area contributed by atoms with Crippen molar-refractivity contribution in [3.05, 3.63) is 0 Å². The van der Waals surface area contributed by atoms with Gasteiger partial charge in [0, 0.05) is 33.3 Å². The van der Waals surface area contributed by atoms with Gasteiger partial charge in [0.2, 0.25) is 0 Å². The van der Waals surface area contributed by atoms with Crippen molar-refractivity contribution in [2.24, 2.45) is 5.73 Å². The summed E-state index contributed by atoms with van der Waals surface area (Å²) in [6.07, 6.45) is -0.143. The van der Waals surface area contributed by atoms with Gasteiger partial charge in [0.1, 0.15) is 6.23 Å². The molecule has 0 aromatic rings. The maximum atomic E-state index is 11.6. The molecule has 1 heterocycles. The van der Waals surface area contributed by atoms with Crippen LogP contribution >= 0.6 is 0 Å². The molecule has 1 fully saturated rings. The second-order valence-corrected chi connectivity index (χ2v) is 3.09. The van der Waals surface area contributed by atoms with E-state index in [9.17, 15) is 4.79 Å². The zero-order valence-corrected chi connectivity index (χ0v) is 8.19. The third kappa shape index (κ3) is 2.10. The second kappa shape index (κ2) is 4.43. The van der Waals surface area contributed by atoms with Crippen LogP contribution in [0.5, 0.6) is 0 Å². The fourth-order valence-electron chi connectivity index (χ4n) is 1.43. The highest BCUT2D eigenvalue weighted by Crippen LogP contribution is 2.11. The Morgan fingerprint density at radius 2 is 2.31 bits per heavy atom. The summed E-state index contributed by atoms with van der Waals surface area (Å²) in [5.74, 6) is 0. The molecule has 13 heavy (non-hydrogen) atoms. The molecule has 5 nitrogen and oxygen atoms in total. The summed E-state index contributed by atoms with van der Waals surface area (Å²) >= 11 is 0. The van der Waals surface area contributed by atoms with Crippen LogP contribution in [0.4, 0.5) is 4.79 Å². The molecule has 76 valence electrons. The summed E-state index contributed by atoms with van der Waals surface area (Å²) in [5, 5.41) is 0. The summed E-state index contributed by atoms with van der Waals surface area (Å²) in [6, 6.07) is 0.0276. The number of ether oxygens (including phenoxy) is 1. The van der Waals surface area contributed by atoms with Crippen molar-refractivity contribution in [2.45, 2.75) is 13.2 Å². The lowest BCUT2D eigenvalue weighted by atomic mass is 10.5. The molecule has 1 unspecified atom stereocenters. The van der Waals surface area contributed by atoms with E-state index in [0.717, 1.165) is 13.1 Å². The topological polar surface area (TPSA) is 58.8 Å². The second-order valence-electron chi connectivity index (χ2n) is 3.09. The van der Waals surface area contributed by atoms with E-state index in [1.54, 1.807) is 16.9 Å². The summed E-state index contributed by atoms with van der Waals surface area (Å²) in [7, 11) is 1.60. The molecule has 5 heteroatoms. The van der Waals surface area contributed by atoms with Crippen molar-refractivity contribution in [1.29, 1.82) is 0 Å². The van der Waals surface area contributed by atoms with Crippen molar-refractivity contribution < 1.29 is 9.53 Å². The van der Waals surface area contributed by atoms with Crippen LogP contribution in [0.25, 0.3) is 0 Å². The first kappa shape index (κ1) is 10.3. The Hall–Kier alpha value is -0.810. The zero-order valence-electron chi connectivity index (χ0n) is 8.19. The van der Waals surface area contributed by atoms with E-state index in [2.05, 4.69) is 0 Å². The van der Waals surface area contributed by atoms with Crippen molar-refractivity contribution >= 4 is 6.03 Å². The standard InChI is InChI=1S/C8H17N3O2/c1-7(13-2)11-6-5-10(4-3-9)8(11)12/h7H,3-6,9H2,1-2H3. The van der Waals surface area contributed by atoms with Gasteiger partial charge in [-0.15, -0.1) is 0 Å². The van der Waals surface area contributed by atoms with Crippen LogP contribution in [0.3, 0.4) is 0 Å². The number of amides is 2. The Labute approximate surface area is 78.4 Å². The number of hydrogen-bond acceptors (Lipinski definition) is 3. The van der Waals surface area contributed by atoms with E-state index in [1.807, 2.05) is 6.92 Å². The van der Waals surface area contributed by atoms with Gasteiger partial charge in [-0.25, -0.2) is 4.79 Å². The number of carbonyl (C=O) groups is 1. The third-order valence-corrected chi connectivity index (χ3v) is 2.31. The molecule has 0 saturated carbocycles. The molecule has 0 aromatic carbocycles. The van der Waals surface area contributed by atoms with Gasteiger partial charge in [-0.3, -0.25) is 4.90 Å². The minimum Gasteiger partial charge on any atom is -0.362 e. The van der Waals surface area contributed by atoms with Gasteiger partial charge in [0.25, 0.3) is 0 Å². The lowest BCUT2D eigenvalue weighted by Crippen LogP contribution is -2.39. The number of rotatable bonds is 4.